The van der Waals surface area contributed by atoms with Gasteiger partial charge in [-0.2, -0.15) is 8.78 Å². The van der Waals surface area contributed by atoms with Crippen molar-refractivity contribution in [1.82, 2.24) is 15.5 Å². The van der Waals surface area contributed by atoms with Gasteiger partial charge in [-0.3, -0.25) is 10.1 Å². The van der Waals surface area contributed by atoms with Gasteiger partial charge in [0.1, 0.15) is 0 Å². The van der Waals surface area contributed by atoms with Gasteiger partial charge in [-0.15, -0.1) is 10.2 Å². The van der Waals surface area contributed by atoms with E-state index in [0.717, 1.165) is 0 Å². The average molecular weight is 412 g/mol. The first-order valence-corrected chi connectivity index (χ1v) is 8.51. The van der Waals surface area contributed by atoms with E-state index in [9.17, 15) is 18.4 Å². The Labute approximate surface area is 168 Å². The number of anilines is 1. The zero-order valence-corrected chi connectivity index (χ0v) is 15.2. The van der Waals surface area contributed by atoms with Crippen LogP contribution in [-0.2, 0) is 0 Å². The summed E-state index contributed by atoms with van der Waals surface area (Å²) in [5.41, 5.74) is 1.84. The molecule has 2 aromatic carbocycles. The molecule has 1 aromatic heterocycles. The van der Waals surface area contributed by atoms with E-state index in [4.69, 9.17) is 9.52 Å². The molecule has 0 unspecified atom stereocenters. The van der Waals surface area contributed by atoms with Gasteiger partial charge in [0.25, 0.3) is 11.8 Å². The summed E-state index contributed by atoms with van der Waals surface area (Å²) in [6.45, 7) is 0.0944. The number of amides is 2. The van der Waals surface area contributed by atoms with Crippen LogP contribution in [0.5, 0.6) is 0 Å². The smallest absolute Gasteiger partial charge is 0.409 e. The van der Waals surface area contributed by atoms with Crippen LogP contribution >= 0.6 is 0 Å². The average Bonchev–Trinajstić information content (AvgIpc) is 3.22. The minimum absolute atomic E-state index is 0.0124. The van der Waals surface area contributed by atoms with E-state index in [-0.39, 0.29) is 18.3 Å². The van der Waals surface area contributed by atoms with Crippen LogP contribution in [0, 0.1) is 11.8 Å². The lowest BCUT2D eigenvalue weighted by Gasteiger charge is -2.03. The largest absolute Gasteiger partial charge is 0.465 e. The third-order valence-corrected chi connectivity index (χ3v) is 3.73. The summed E-state index contributed by atoms with van der Waals surface area (Å²) < 4.78 is 29.9. The number of nitrogens with one attached hydrogen (secondary N) is 2. The van der Waals surface area contributed by atoms with Crippen molar-refractivity contribution in [2.45, 2.75) is 6.43 Å². The van der Waals surface area contributed by atoms with Gasteiger partial charge in [-0.1, -0.05) is 11.8 Å². The number of carbonyl (C=O) groups excluding carboxylic acids is 1. The van der Waals surface area contributed by atoms with Gasteiger partial charge in [-0.25, -0.2) is 4.79 Å². The Hall–Kier alpha value is -4.26. The lowest BCUT2D eigenvalue weighted by atomic mass is 10.1. The molecule has 0 radical (unpaired) electrons. The molecule has 0 fully saturated rings. The Morgan fingerprint density at radius 2 is 1.77 bits per heavy atom. The number of nitrogens with zero attached hydrogens (tertiary/aromatic N) is 2. The van der Waals surface area contributed by atoms with Gasteiger partial charge >= 0.3 is 12.5 Å². The molecule has 0 spiro atoms. The van der Waals surface area contributed by atoms with Crippen LogP contribution in [0.3, 0.4) is 0 Å². The Bertz CT molecular complexity index is 1100. The van der Waals surface area contributed by atoms with E-state index in [1.165, 1.54) is 24.3 Å². The van der Waals surface area contributed by atoms with Crippen LogP contribution in [0.2, 0.25) is 0 Å². The molecule has 0 saturated carbocycles. The fourth-order valence-corrected chi connectivity index (χ4v) is 2.34. The van der Waals surface area contributed by atoms with E-state index in [0.29, 0.717) is 22.4 Å². The van der Waals surface area contributed by atoms with E-state index in [1.54, 1.807) is 24.3 Å². The van der Waals surface area contributed by atoms with Gasteiger partial charge in [-0.05, 0) is 48.5 Å². The number of halogens is 2. The number of alkyl halides is 2. The first-order chi connectivity index (χ1) is 14.4. The topological polar surface area (TPSA) is 117 Å². The van der Waals surface area contributed by atoms with Crippen LogP contribution in [0.15, 0.2) is 52.9 Å². The molecule has 0 aliphatic heterocycles. The lowest BCUT2D eigenvalue weighted by molar-refractivity contribution is 0.0958. The Morgan fingerprint density at radius 3 is 2.37 bits per heavy atom. The number of carbonyl (C=O) groups is 2. The minimum Gasteiger partial charge on any atom is -0.465 e. The number of aromatic nitrogens is 2. The van der Waals surface area contributed by atoms with Gasteiger partial charge in [0.05, 0.1) is 6.54 Å². The summed E-state index contributed by atoms with van der Waals surface area (Å²) in [4.78, 5) is 22.6. The second-order valence-electron chi connectivity index (χ2n) is 5.82. The van der Waals surface area contributed by atoms with E-state index >= 15 is 0 Å². The summed E-state index contributed by atoms with van der Waals surface area (Å²) in [5.74, 6) is 4.55. The number of rotatable bonds is 5. The molecule has 0 atom stereocenters. The van der Waals surface area contributed by atoms with E-state index in [1.807, 2.05) is 0 Å². The molecule has 0 aliphatic rings. The second-order valence-corrected chi connectivity index (χ2v) is 5.82. The SMILES string of the molecule is O=C(O)Nc1ccc(C(=O)NCC#Cc2ccc(-c3nnc(C(F)F)o3)cc2)cc1. The normalized spacial score (nSPS) is 10.2. The zero-order valence-electron chi connectivity index (χ0n) is 15.2. The van der Waals surface area contributed by atoms with Crippen LogP contribution in [0.4, 0.5) is 19.3 Å². The van der Waals surface area contributed by atoms with Crippen molar-refractivity contribution in [2.24, 2.45) is 0 Å². The first kappa shape index (κ1) is 20.5. The molecule has 30 heavy (non-hydrogen) atoms. The van der Waals surface area contributed by atoms with Crippen LogP contribution < -0.4 is 10.6 Å². The highest BCUT2D eigenvalue weighted by Gasteiger charge is 2.16. The molecule has 152 valence electrons. The molecule has 10 heteroatoms. The molecule has 2 amide bonds. The van der Waals surface area contributed by atoms with Crippen molar-refractivity contribution >= 4 is 17.7 Å². The maximum absolute atomic E-state index is 12.5. The molecule has 8 nitrogen and oxygen atoms in total. The molecule has 1 heterocycles. The van der Waals surface area contributed by atoms with Crippen LogP contribution in [-0.4, -0.2) is 33.8 Å². The van der Waals surface area contributed by atoms with Gasteiger partial charge in [0.2, 0.25) is 5.89 Å². The van der Waals surface area contributed by atoms with Crippen molar-refractivity contribution in [3.8, 4) is 23.3 Å². The van der Waals surface area contributed by atoms with Gasteiger partial charge in [0.15, 0.2) is 0 Å². The number of benzene rings is 2. The molecule has 0 bridgehead atoms. The Kier molecular flexibility index (Phi) is 6.34. The third-order valence-electron chi connectivity index (χ3n) is 3.73. The number of hydrogen-bond donors (Lipinski definition) is 3. The van der Waals surface area contributed by atoms with Crippen molar-refractivity contribution in [3.05, 3.63) is 65.5 Å². The second kappa shape index (κ2) is 9.29. The monoisotopic (exact) mass is 412 g/mol. The maximum atomic E-state index is 12.5. The fourth-order valence-electron chi connectivity index (χ4n) is 2.34. The summed E-state index contributed by atoms with van der Waals surface area (Å²) in [6, 6.07) is 12.5. The molecular formula is C20H14F2N4O4. The van der Waals surface area contributed by atoms with Crippen molar-refractivity contribution in [1.29, 1.82) is 0 Å². The fraction of sp³-hybridized carbons (Fsp3) is 0.100. The molecule has 3 N–H and O–H groups in total. The molecule has 3 rings (SSSR count). The standard InChI is InChI=1S/C20H14F2N4O4/c21-16(22)19-26-25-18(30-19)14-5-3-12(4-6-14)2-1-11-23-17(27)13-7-9-15(10-8-13)24-20(28)29/h3-10,16,24H,11H2,(H,23,27)(H,28,29). The molecular weight excluding hydrogens is 398 g/mol. The lowest BCUT2D eigenvalue weighted by Crippen LogP contribution is -2.23. The van der Waals surface area contributed by atoms with Crippen molar-refractivity contribution in [2.75, 3.05) is 11.9 Å². The quantitative estimate of drug-likeness (QED) is 0.552. The molecule has 0 saturated heterocycles. The van der Waals surface area contributed by atoms with Crippen molar-refractivity contribution < 1.29 is 27.9 Å². The highest BCUT2D eigenvalue weighted by molar-refractivity contribution is 5.95. The van der Waals surface area contributed by atoms with Gasteiger partial charge in [0, 0.05) is 22.4 Å². The van der Waals surface area contributed by atoms with E-state index < -0.39 is 18.4 Å². The summed E-state index contributed by atoms with van der Waals surface area (Å²) in [5, 5.41) is 20.3. The summed E-state index contributed by atoms with van der Waals surface area (Å²) in [6.07, 6.45) is -4.02. The molecule has 0 aliphatic carbocycles. The van der Waals surface area contributed by atoms with Crippen molar-refractivity contribution in [3.63, 3.8) is 0 Å². The van der Waals surface area contributed by atoms with Crippen LogP contribution in [0.1, 0.15) is 28.2 Å². The summed E-state index contributed by atoms with van der Waals surface area (Å²) >= 11 is 0. The predicted molar refractivity (Wildman–Crippen MR) is 102 cm³/mol. The number of hydrogen-bond acceptors (Lipinski definition) is 5. The first-order valence-electron chi connectivity index (χ1n) is 8.51. The molecule has 3 aromatic rings. The Balaban J connectivity index is 1.53. The van der Waals surface area contributed by atoms with Crippen LogP contribution in [0.25, 0.3) is 11.5 Å². The highest BCUT2D eigenvalue weighted by atomic mass is 19.3. The summed E-state index contributed by atoms with van der Waals surface area (Å²) in [7, 11) is 0. The minimum atomic E-state index is -2.83. The number of carboxylic acid groups (broad SMARTS) is 1. The maximum Gasteiger partial charge on any atom is 0.409 e. The van der Waals surface area contributed by atoms with Gasteiger partial charge < -0.3 is 14.8 Å². The predicted octanol–water partition coefficient (Wildman–Crippen LogP) is 3.55. The van der Waals surface area contributed by atoms with E-state index in [2.05, 4.69) is 32.7 Å². The zero-order chi connectivity index (χ0) is 21.5. The third kappa shape index (κ3) is 5.39. The Morgan fingerprint density at radius 1 is 1.07 bits per heavy atom. The highest BCUT2D eigenvalue weighted by Crippen LogP contribution is 2.23.